The van der Waals surface area contributed by atoms with Crippen LogP contribution in [-0.2, 0) is 13.6 Å². The monoisotopic (exact) mass is 210 g/mol. The summed E-state index contributed by atoms with van der Waals surface area (Å²) in [5, 5.41) is 0. The molecule has 0 aliphatic rings. The Kier molecular flexibility index (Phi) is 5.78. The largest absolute Gasteiger partial charge is 0.344 e. The zero-order valence-corrected chi connectivity index (χ0v) is 8.79. The van der Waals surface area contributed by atoms with E-state index in [0.29, 0.717) is 0 Å². The van der Waals surface area contributed by atoms with Crippen LogP contribution in [0.15, 0.2) is 0 Å². The van der Waals surface area contributed by atoms with Crippen molar-refractivity contribution in [1.82, 2.24) is 0 Å². The Morgan fingerprint density at radius 3 is 2.43 bits per heavy atom. The quantitative estimate of drug-likeness (QED) is 0.509. The molecule has 0 aromatic heterocycles. The molecule has 0 amide bonds. The third kappa shape index (κ3) is 4.76. The summed E-state index contributed by atoms with van der Waals surface area (Å²) in [6.45, 7) is 1.46. The topological polar surface area (TPSA) is 35.5 Å². The lowest BCUT2D eigenvalue weighted by atomic mass is 10.4. The minimum Gasteiger partial charge on any atom is -0.295 e. The fourth-order valence-electron chi connectivity index (χ4n) is 0.632. The number of rotatable bonds is 5. The van der Waals surface area contributed by atoms with Crippen molar-refractivity contribution in [2.24, 2.45) is 0 Å². The highest BCUT2D eigenvalue weighted by Crippen LogP contribution is 2.48. The zero-order chi connectivity index (χ0) is 11.0. The van der Waals surface area contributed by atoms with Crippen LogP contribution in [0, 0.1) is 37.0 Å². The highest BCUT2D eigenvalue weighted by molar-refractivity contribution is 7.54. The first-order chi connectivity index (χ1) is 6.58. The lowest BCUT2D eigenvalue weighted by molar-refractivity contribution is 0.203. The molecule has 2 unspecified atom stereocenters. The Morgan fingerprint density at radius 2 is 2.00 bits per heavy atom. The summed E-state index contributed by atoms with van der Waals surface area (Å²) in [6.07, 6.45) is 14.3. The highest BCUT2D eigenvalue weighted by atomic mass is 31.2. The van der Waals surface area contributed by atoms with E-state index >= 15 is 0 Å². The molecule has 0 aromatic rings. The maximum atomic E-state index is 11.8. The molecular weight excluding hydrogens is 199 g/mol. The molecule has 0 aliphatic carbocycles. The maximum Gasteiger partial charge on any atom is 0.344 e. The Morgan fingerprint density at radius 1 is 1.36 bits per heavy atom. The average molecular weight is 210 g/mol. The molecule has 3 nitrogen and oxygen atoms in total. The molecular formula is C10H11O3P. The molecule has 2 atom stereocenters. The molecule has 0 rings (SSSR count). The lowest BCUT2D eigenvalue weighted by Gasteiger charge is -2.16. The second-order valence-corrected chi connectivity index (χ2v) is 4.37. The van der Waals surface area contributed by atoms with Gasteiger partial charge in [0.15, 0.2) is 0 Å². The van der Waals surface area contributed by atoms with E-state index in [1.54, 1.807) is 6.92 Å². The average Bonchev–Trinajstić information content (AvgIpc) is 2.15. The van der Waals surface area contributed by atoms with Gasteiger partial charge in [-0.05, 0) is 6.92 Å². The van der Waals surface area contributed by atoms with Crippen LogP contribution in [0.25, 0.3) is 0 Å². The van der Waals surface area contributed by atoms with Crippen LogP contribution in [0.3, 0.4) is 0 Å². The number of terminal acetylenes is 3. The molecule has 0 spiro atoms. The van der Waals surface area contributed by atoms with Gasteiger partial charge >= 0.3 is 7.60 Å². The Bertz CT molecular complexity index is 340. The molecule has 74 valence electrons. The van der Waals surface area contributed by atoms with Crippen LogP contribution < -0.4 is 0 Å². The minimum absolute atomic E-state index is 0.115. The van der Waals surface area contributed by atoms with E-state index in [1.165, 1.54) is 0 Å². The first-order valence-electron chi connectivity index (χ1n) is 3.83. The van der Waals surface area contributed by atoms with Crippen molar-refractivity contribution < 1.29 is 13.6 Å². The zero-order valence-electron chi connectivity index (χ0n) is 7.90. The van der Waals surface area contributed by atoms with E-state index in [9.17, 15) is 4.57 Å². The summed E-state index contributed by atoms with van der Waals surface area (Å²) in [6, 6.07) is 0. The van der Waals surface area contributed by atoms with Gasteiger partial charge in [-0.25, -0.2) is 0 Å². The van der Waals surface area contributed by atoms with Crippen molar-refractivity contribution in [3.05, 3.63) is 0 Å². The molecule has 0 aliphatic heterocycles. The summed E-state index contributed by atoms with van der Waals surface area (Å²) in [4.78, 5) is 0. The predicted octanol–water partition coefficient (Wildman–Crippen LogP) is 1.50. The summed E-state index contributed by atoms with van der Waals surface area (Å²) in [5.41, 5.74) is 0. The molecule has 0 heterocycles. The van der Waals surface area contributed by atoms with Crippen molar-refractivity contribution in [1.29, 1.82) is 0 Å². The second-order valence-electron chi connectivity index (χ2n) is 2.37. The highest BCUT2D eigenvalue weighted by Gasteiger charge is 2.25. The molecule has 14 heavy (non-hydrogen) atoms. The second kappa shape index (κ2) is 6.31. The third-order valence-electron chi connectivity index (χ3n) is 1.18. The Labute approximate surface area is 84.7 Å². The van der Waals surface area contributed by atoms with Gasteiger partial charge in [0.05, 0.1) is 0 Å². The number of hydrogen-bond donors (Lipinski definition) is 0. The van der Waals surface area contributed by atoms with Gasteiger partial charge in [-0.1, -0.05) is 17.8 Å². The normalized spacial score (nSPS) is 15.6. The van der Waals surface area contributed by atoms with Gasteiger partial charge in [-0.15, -0.1) is 19.3 Å². The summed E-state index contributed by atoms with van der Waals surface area (Å²) >= 11 is 0. The van der Waals surface area contributed by atoms with E-state index in [2.05, 4.69) is 17.8 Å². The van der Waals surface area contributed by atoms with Gasteiger partial charge < -0.3 is 0 Å². The van der Waals surface area contributed by atoms with Crippen molar-refractivity contribution >= 4 is 7.60 Å². The minimum atomic E-state index is -3.33. The first kappa shape index (κ1) is 12.8. The van der Waals surface area contributed by atoms with E-state index in [4.69, 9.17) is 28.3 Å². The smallest absolute Gasteiger partial charge is 0.295 e. The first-order valence-corrected chi connectivity index (χ1v) is 5.56. The third-order valence-corrected chi connectivity index (χ3v) is 2.91. The van der Waals surface area contributed by atoms with Crippen LogP contribution in [0.4, 0.5) is 0 Å². The van der Waals surface area contributed by atoms with Crippen LogP contribution >= 0.6 is 7.60 Å². The van der Waals surface area contributed by atoms with Crippen molar-refractivity contribution in [3.8, 4) is 37.0 Å². The van der Waals surface area contributed by atoms with Crippen molar-refractivity contribution in [2.75, 3.05) is 12.8 Å². The van der Waals surface area contributed by atoms with Crippen LogP contribution in [0.1, 0.15) is 6.92 Å². The van der Waals surface area contributed by atoms with E-state index in [1.807, 2.05) is 0 Å². The van der Waals surface area contributed by atoms with E-state index in [0.717, 1.165) is 0 Å². The Balaban J connectivity index is 4.44. The fourth-order valence-corrected chi connectivity index (χ4v) is 1.90. The van der Waals surface area contributed by atoms with Crippen molar-refractivity contribution in [3.63, 3.8) is 0 Å². The SMILES string of the molecule is C#CCOP(=O)(CC#C)OC(C)C#C. The van der Waals surface area contributed by atoms with Gasteiger partial charge in [-0.3, -0.25) is 13.6 Å². The predicted molar refractivity (Wildman–Crippen MR) is 55.5 cm³/mol. The Hall–Kier alpha value is -1.17. The lowest BCUT2D eigenvalue weighted by Crippen LogP contribution is -2.07. The molecule has 0 aromatic carbocycles. The maximum absolute atomic E-state index is 11.8. The standard InChI is InChI=1S/C10H11O3P/c1-5-8-12-14(11,9-6-2)13-10(4)7-3/h1-3,10H,8-9H2,4H3. The van der Waals surface area contributed by atoms with E-state index in [-0.39, 0.29) is 12.8 Å². The number of hydrogen-bond acceptors (Lipinski definition) is 3. The summed E-state index contributed by atoms with van der Waals surface area (Å²) in [5.74, 6) is 6.64. The summed E-state index contributed by atoms with van der Waals surface area (Å²) < 4.78 is 21.6. The van der Waals surface area contributed by atoms with Crippen LogP contribution in [-0.4, -0.2) is 18.9 Å². The molecule has 0 N–H and O–H groups in total. The van der Waals surface area contributed by atoms with Crippen LogP contribution in [0.5, 0.6) is 0 Å². The van der Waals surface area contributed by atoms with Gasteiger partial charge in [0.1, 0.15) is 18.9 Å². The van der Waals surface area contributed by atoms with Gasteiger partial charge in [0, 0.05) is 0 Å². The molecule has 0 saturated carbocycles. The molecule has 4 heteroatoms. The molecule has 0 radical (unpaired) electrons. The fraction of sp³-hybridized carbons (Fsp3) is 0.400. The van der Waals surface area contributed by atoms with Gasteiger partial charge in [-0.2, -0.15) is 0 Å². The van der Waals surface area contributed by atoms with Gasteiger partial charge in [0.2, 0.25) is 0 Å². The van der Waals surface area contributed by atoms with Gasteiger partial charge in [0.25, 0.3) is 0 Å². The van der Waals surface area contributed by atoms with Crippen LogP contribution in [0.2, 0.25) is 0 Å². The summed E-state index contributed by atoms with van der Waals surface area (Å²) in [7, 11) is -3.33. The molecule has 0 fully saturated rings. The van der Waals surface area contributed by atoms with E-state index < -0.39 is 13.7 Å². The molecule has 0 saturated heterocycles. The molecule has 0 bridgehead atoms. The van der Waals surface area contributed by atoms with Crippen molar-refractivity contribution in [2.45, 2.75) is 13.0 Å².